The molecule has 0 fully saturated rings. The van der Waals surface area contributed by atoms with Crippen LogP contribution in [0.15, 0.2) is 12.2 Å². The molecule has 0 spiro atoms. The van der Waals surface area contributed by atoms with Gasteiger partial charge in [-0.15, -0.1) is 0 Å². The van der Waals surface area contributed by atoms with Crippen LogP contribution in [0.3, 0.4) is 0 Å². The maximum absolute atomic E-state index is 4.80. The number of allylic oxidation sites excluding steroid dienone is 1. The molecule has 0 N–H and O–H groups in total. The van der Waals surface area contributed by atoms with E-state index < -0.39 is 0 Å². The first-order valence-electron chi connectivity index (χ1n) is 4.05. The van der Waals surface area contributed by atoms with Crippen LogP contribution in [-0.2, 0) is 4.74 Å². The molecule has 0 rings (SSSR count). The average molecular weight is 144 g/mol. The predicted molar refractivity (Wildman–Crippen MR) is 47.3 cm³/mol. The second-order valence-electron chi connectivity index (χ2n) is 1.72. The van der Waals surface area contributed by atoms with E-state index in [1.54, 1.807) is 7.11 Å². The molecule has 0 bridgehead atoms. The zero-order chi connectivity index (χ0) is 8.24. The lowest BCUT2D eigenvalue weighted by atomic mass is 10.3. The number of rotatable bonds is 4. The van der Waals surface area contributed by atoms with Gasteiger partial charge in [-0.3, -0.25) is 0 Å². The molecule has 0 heterocycles. The molecule has 0 aliphatic carbocycles. The molecule has 0 aromatic heterocycles. The van der Waals surface area contributed by atoms with Gasteiger partial charge in [0.1, 0.15) is 0 Å². The summed E-state index contributed by atoms with van der Waals surface area (Å²) < 4.78 is 4.80. The maximum Gasteiger partial charge on any atom is 0.0643 e. The molecule has 0 atom stereocenters. The summed E-state index contributed by atoms with van der Waals surface area (Å²) >= 11 is 0. The second kappa shape index (κ2) is 15.9. The number of methoxy groups -OCH3 is 1. The average Bonchev–Trinajstić information content (AvgIpc) is 2.02. The fourth-order valence-electron chi connectivity index (χ4n) is 0.449. The minimum atomic E-state index is 0.750. The molecule has 0 radical (unpaired) electrons. The van der Waals surface area contributed by atoms with E-state index in [0.717, 1.165) is 6.61 Å². The van der Waals surface area contributed by atoms with Crippen molar-refractivity contribution in [3.63, 3.8) is 0 Å². The molecular weight excluding hydrogens is 124 g/mol. The van der Waals surface area contributed by atoms with Gasteiger partial charge in [-0.1, -0.05) is 39.3 Å². The maximum atomic E-state index is 4.80. The van der Waals surface area contributed by atoms with Gasteiger partial charge in [-0.25, -0.2) is 0 Å². The van der Waals surface area contributed by atoms with Gasteiger partial charge in [-0.05, 0) is 6.42 Å². The normalized spacial score (nSPS) is 9.20. The van der Waals surface area contributed by atoms with Crippen LogP contribution in [0, 0.1) is 0 Å². The molecule has 0 amide bonds. The second-order valence-corrected chi connectivity index (χ2v) is 1.72. The van der Waals surface area contributed by atoms with E-state index in [-0.39, 0.29) is 0 Å². The Kier molecular flexibility index (Phi) is 19.7. The largest absolute Gasteiger partial charge is 0.381 e. The summed E-state index contributed by atoms with van der Waals surface area (Å²) in [6, 6.07) is 0. The van der Waals surface area contributed by atoms with Crippen LogP contribution in [0.4, 0.5) is 0 Å². The fourth-order valence-corrected chi connectivity index (χ4v) is 0.449. The van der Waals surface area contributed by atoms with Gasteiger partial charge in [0.15, 0.2) is 0 Å². The molecule has 0 aromatic rings. The first kappa shape index (κ1) is 12.4. The Balaban J connectivity index is 0. The van der Waals surface area contributed by atoms with Crippen molar-refractivity contribution in [2.75, 3.05) is 13.7 Å². The standard InChI is InChI=1S/C7H14O.C2H6/c1-3-4-5-6-7-8-2;1-2/h5-6H,3-4,7H2,1-2H3;1-2H3/b6-5-;. The van der Waals surface area contributed by atoms with E-state index in [0.29, 0.717) is 0 Å². The summed E-state index contributed by atoms with van der Waals surface area (Å²) in [6.45, 7) is 6.91. The van der Waals surface area contributed by atoms with Crippen LogP contribution in [-0.4, -0.2) is 13.7 Å². The van der Waals surface area contributed by atoms with Crippen LogP contribution < -0.4 is 0 Å². The van der Waals surface area contributed by atoms with E-state index in [1.807, 2.05) is 19.9 Å². The summed E-state index contributed by atoms with van der Waals surface area (Å²) in [6.07, 6.45) is 6.58. The molecule has 1 heteroatoms. The van der Waals surface area contributed by atoms with Crippen molar-refractivity contribution in [3.05, 3.63) is 12.2 Å². The number of ether oxygens (including phenoxy) is 1. The molecule has 0 unspecified atom stereocenters. The highest BCUT2D eigenvalue weighted by Gasteiger charge is 1.71. The molecular formula is C9H20O. The molecule has 0 aliphatic heterocycles. The van der Waals surface area contributed by atoms with Crippen molar-refractivity contribution in [1.29, 1.82) is 0 Å². The third-order valence-electron chi connectivity index (χ3n) is 0.885. The smallest absolute Gasteiger partial charge is 0.0643 e. The van der Waals surface area contributed by atoms with Gasteiger partial charge in [0.2, 0.25) is 0 Å². The Bertz CT molecular complexity index is 49.7. The fraction of sp³-hybridized carbons (Fsp3) is 0.778. The van der Waals surface area contributed by atoms with Crippen LogP contribution in [0.1, 0.15) is 33.6 Å². The minimum Gasteiger partial charge on any atom is -0.381 e. The highest BCUT2D eigenvalue weighted by molar-refractivity contribution is 4.80. The van der Waals surface area contributed by atoms with Crippen molar-refractivity contribution in [2.45, 2.75) is 33.6 Å². The van der Waals surface area contributed by atoms with E-state index in [2.05, 4.69) is 13.0 Å². The van der Waals surface area contributed by atoms with Crippen molar-refractivity contribution >= 4 is 0 Å². The highest BCUT2D eigenvalue weighted by atomic mass is 16.5. The van der Waals surface area contributed by atoms with Crippen LogP contribution in [0.5, 0.6) is 0 Å². The molecule has 62 valence electrons. The summed E-state index contributed by atoms with van der Waals surface area (Å²) in [5, 5.41) is 0. The van der Waals surface area contributed by atoms with Crippen LogP contribution >= 0.6 is 0 Å². The Labute approximate surface area is 65.1 Å². The van der Waals surface area contributed by atoms with Gasteiger partial charge in [-0.2, -0.15) is 0 Å². The van der Waals surface area contributed by atoms with Gasteiger partial charge in [0, 0.05) is 7.11 Å². The van der Waals surface area contributed by atoms with E-state index in [1.165, 1.54) is 12.8 Å². The quantitative estimate of drug-likeness (QED) is 0.551. The van der Waals surface area contributed by atoms with Crippen molar-refractivity contribution in [2.24, 2.45) is 0 Å². The summed E-state index contributed by atoms with van der Waals surface area (Å²) in [4.78, 5) is 0. The number of hydrogen-bond donors (Lipinski definition) is 0. The van der Waals surface area contributed by atoms with Crippen molar-refractivity contribution in [1.82, 2.24) is 0 Å². The summed E-state index contributed by atoms with van der Waals surface area (Å²) in [5.74, 6) is 0. The summed E-state index contributed by atoms with van der Waals surface area (Å²) in [7, 11) is 1.70. The zero-order valence-electron chi connectivity index (χ0n) is 7.68. The van der Waals surface area contributed by atoms with Gasteiger partial charge in [0.25, 0.3) is 0 Å². The Morgan fingerprint density at radius 1 is 1.20 bits per heavy atom. The molecule has 0 aromatic carbocycles. The van der Waals surface area contributed by atoms with Gasteiger partial charge < -0.3 is 4.74 Å². The monoisotopic (exact) mass is 144 g/mol. The van der Waals surface area contributed by atoms with Crippen LogP contribution in [0.2, 0.25) is 0 Å². The topological polar surface area (TPSA) is 9.23 Å². The lowest BCUT2D eigenvalue weighted by Gasteiger charge is -1.86. The van der Waals surface area contributed by atoms with E-state index >= 15 is 0 Å². The number of unbranched alkanes of at least 4 members (excludes halogenated alkanes) is 1. The molecule has 0 saturated carbocycles. The Hall–Kier alpha value is -0.300. The summed E-state index contributed by atoms with van der Waals surface area (Å²) in [5.41, 5.74) is 0. The molecule has 0 saturated heterocycles. The third kappa shape index (κ3) is 15.6. The minimum absolute atomic E-state index is 0.750. The van der Waals surface area contributed by atoms with Gasteiger partial charge in [0.05, 0.1) is 6.61 Å². The van der Waals surface area contributed by atoms with Crippen molar-refractivity contribution < 1.29 is 4.74 Å². The van der Waals surface area contributed by atoms with E-state index in [9.17, 15) is 0 Å². The SMILES string of the molecule is CC.CCC/C=C\COC. The van der Waals surface area contributed by atoms with Gasteiger partial charge >= 0.3 is 0 Å². The molecule has 1 nitrogen and oxygen atoms in total. The third-order valence-corrected chi connectivity index (χ3v) is 0.885. The number of hydrogen-bond acceptors (Lipinski definition) is 1. The zero-order valence-corrected chi connectivity index (χ0v) is 7.68. The first-order chi connectivity index (χ1) is 4.91. The van der Waals surface area contributed by atoms with E-state index in [4.69, 9.17) is 4.74 Å². The van der Waals surface area contributed by atoms with Crippen LogP contribution in [0.25, 0.3) is 0 Å². The molecule has 0 aliphatic rings. The Morgan fingerprint density at radius 3 is 2.20 bits per heavy atom. The lowest BCUT2D eigenvalue weighted by molar-refractivity contribution is 0.233. The first-order valence-corrected chi connectivity index (χ1v) is 4.05. The lowest BCUT2D eigenvalue weighted by Crippen LogP contribution is -1.79. The van der Waals surface area contributed by atoms with Crippen molar-refractivity contribution in [3.8, 4) is 0 Å². The Morgan fingerprint density at radius 2 is 1.80 bits per heavy atom. The highest BCUT2D eigenvalue weighted by Crippen LogP contribution is 1.87. The predicted octanol–water partition coefficient (Wildman–Crippen LogP) is 3.02. The molecule has 10 heavy (non-hydrogen) atoms.